The molecule has 0 unspecified atom stereocenters. The van der Waals surface area contributed by atoms with Crippen LogP contribution in [0.4, 0.5) is 10.3 Å². The fourth-order valence-corrected chi connectivity index (χ4v) is 5.20. The quantitative estimate of drug-likeness (QED) is 0.0986. The molecular weight excluding hydrogens is 472 g/mol. The monoisotopic (exact) mass is 516 g/mol. The zero-order valence-electron chi connectivity index (χ0n) is 21.5. The van der Waals surface area contributed by atoms with Crippen LogP contribution in [0.1, 0.15) is 96.8 Å². The Kier molecular flexibility index (Phi) is 17.1. The maximum atomic E-state index is 12.2. The van der Waals surface area contributed by atoms with Gasteiger partial charge in [0.15, 0.2) is 0 Å². The summed E-state index contributed by atoms with van der Waals surface area (Å²) in [5, 5.41) is 15.7. The number of carbonyl (C=O) groups is 1. The van der Waals surface area contributed by atoms with Crippen LogP contribution in [0.2, 0.25) is 0 Å². The van der Waals surface area contributed by atoms with Crippen molar-refractivity contribution in [2.75, 3.05) is 22.9 Å². The number of benzene rings is 1. The van der Waals surface area contributed by atoms with E-state index in [0.29, 0.717) is 11.6 Å². The lowest BCUT2D eigenvalue weighted by Crippen LogP contribution is -2.10. The molecule has 1 amide bonds. The van der Waals surface area contributed by atoms with Gasteiger partial charge in [0, 0.05) is 23.6 Å². The second-order valence-corrected chi connectivity index (χ2v) is 11.0. The SMILES string of the molecule is CCCCCCCC/C=C/CCCCCCCC(=O)Nc1nnc(NCCSc2ccccc2)s1. The number of allylic oxidation sites excluding steroid dienone is 2. The van der Waals surface area contributed by atoms with Crippen molar-refractivity contribution in [1.82, 2.24) is 10.2 Å². The Morgan fingerprint density at radius 2 is 1.49 bits per heavy atom. The molecule has 7 heteroatoms. The number of thioether (sulfide) groups is 1. The molecule has 0 bridgehead atoms. The highest BCUT2D eigenvalue weighted by Crippen LogP contribution is 2.21. The van der Waals surface area contributed by atoms with Crippen molar-refractivity contribution in [2.24, 2.45) is 0 Å². The molecule has 1 aromatic heterocycles. The number of hydrogen-bond acceptors (Lipinski definition) is 6. The van der Waals surface area contributed by atoms with E-state index in [1.807, 2.05) is 18.2 Å². The van der Waals surface area contributed by atoms with Gasteiger partial charge in [-0.15, -0.1) is 22.0 Å². The highest BCUT2D eigenvalue weighted by atomic mass is 32.2. The zero-order chi connectivity index (χ0) is 24.8. The number of anilines is 2. The van der Waals surface area contributed by atoms with Crippen LogP contribution in [0.5, 0.6) is 0 Å². The van der Waals surface area contributed by atoms with Crippen LogP contribution < -0.4 is 10.6 Å². The average Bonchev–Trinajstić information content (AvgIpc) is 3.32. The third-order valence-corrected chi connectivity index (χ3v) is 7.54. The number of nitrogens with one attached hydrogen (secondary N) is 2. The first kappa shape index (κ1) is 29.4. The number of carbonyl (C=O) groups excluding carboxylic acids is 1. The first-order chi connectivity index (χ1) is 17.3. The molecule has 5 nitrogen and oxygen atoms in total. The third-order valence-electron chi connectivity index (χ3n) is 5.73. The van der Waals surface area contributed by atoms with Gasteiger partial charge in [-0.25, -0.2) is 0 Å². The van der Waals surface area contributed by atoms with Crippen LogP contribution in [0.25, 0.3) is 0 Å². The maximum absolute atomic E-state index is 12.2. The van der Waals surface area contributed by atoms with E-state index in [9.17, 15) is 4.79 Å². The van der Waals surface area contributed by atoms with Gasteiger partial charge in [-0.3, -0.25) is 4.79 Å². The Hall–Kier alpha value is -1.86. The minimum absolute atomic E-state index is 0.0324. The van der Waals surface area contributed by atoms with E-state index in [1.165, 1.54) is 86.9 Å². The van der Waals surface area contributed by atoms with E-state index in [-0.39, 0.29) is 5.91 Å². The summed E-state index contributed by atoms with van der Waals surface area (Å²) >= 11 is 3.19. The summed E-state index contributed by atoms with van der Waals surface area (Å²) < 4.78 is 0. The first-order valence-electron chi connectivity index (χ1n) is 13.5. The summed E-state index contributed by atoms with van der Waals surface area (Å²) in [4.78, 5) is 13.4. The summed E-state index contributed by atoms with van der Waals surface area (Å²) in [5.41, 5.74) is 0. The Balaban J connectivity index is 1.40. The molecule has 2 N–H and O–H groups in total. The smallest absolute Gasteiger partial charge is 0.226 e. The normalized spacial score (nSPS) is 11.2. The van der Waals surface area contributed by atoms with Gasteiger partial charge < -0.3 is 10.6 Å². The van der Waals surface area contributed by atoms with Crippen LogP contribution in [0.15, 0.2) is 47.4 Å². The van der Waals surface area contributed by atoms with E-state index >= 15 is 0 Å². The maximum Gasteiger partial charge on any atom is 0.226 e. The minimum atomic E-state index is 0.0324. The van der Waals surface area contributed by atoms with Gasteiger partial charge in [0.1, 0.15) is 0 Å². The molecule has 0 aliphatic rings. The molecule has 1 heterocycles. The van der Waals surface area contributed by atoms with Gasteiger partial charge in [0.05, 0.1) is 0 Å². The number of nitrogens with zero attached hydrogens (tertiary/aromatic N) is 2. The highest BCUT2D eigenvalue weighted by molar-refractivity contribution is 7.99. The molecule has 0 radical (unpaired) electrons. The van der Waals surface area contributed by atoms with Crippen molar-refractivity contribution in [3.05, 3.63) is 42.5 Å². The summed E-state index contributed by atoms with van der Waals surface area (Å²) in [7, 11) is 0. The number of hydrogen-bond donors (Lipinski definition) is 2. The van der Waals surface area contributed by atoms with Crippen molar-refractivity contribution >= 4 is 39.3 Å². The molecule has 0 aliphatic heterocycles. The van der Waals surface area contributed by atoms with Crippen molar-refractivity contribution in [1.29, 1.82) is 0 Å². The molecule has 0 fully saturated rings. The standard InChI is InChI=1S/C28H44N4OS2/c1-2-3-4-5-6-7-8-9-10-11-12-13-14-15-19-22-26(33)30-28-32-31-27(35-28)29-23-24-34-25-20-17-16-18-21-25/h9-10,16-18,20-21H,2-8,11-15,19,22-24H2,1H3,(H,29,31)(H,30,32,33)/b10-9+. The molecule has 0 spiro atoms. The van der Waals surface area contributed by atoms with Gasteiger partial charge in [-0.05, 0) is 44.2 Å². The van der Waals surface area contributed by atoms with Gasteiger partial charge in [-0.1, -0.05) is 100.0 Å². The van der Waals surface area contributed by atoms with Gasteiger partial charge in [0.2, 0.25) is 16.2 Å². The van der Waals surface area contributed by atoms with E-state index in [4.69, 9.17) is 0 Å². The molecule has 1 aromatic carbocycles. The van der Waals surface area contributed by atoms with E-state index in [2.05, 4.69) is 52.0 Å². The molecule has 2 aromatic rings. The summed E-state index contributed by atoms with van der Waals surface area (Å²) in [5.74, 6) is 0.978. The molecule has 0 saturated carbocycles. The van der Waals surface area contributed by atoms with Crippen LogP contribution >= 0.6 is 23.1 Å². The van der Waals surface area contributed by atoms with Crippen molar-refractivity contribution in [3.63, 3.8) is 0 Å². The van der Waals surface area contributed by atoms with E-state index in [1.54, 1.807) is 11.8 Å². The second kappa shape index (κ2) is 20.3. The molecule has 0 atom stereocenters. The number of amides is 1. The number of aromatic nitrogens is 2. The topological polar surface area (TPSA) is 66.9 Å². The Labute approximate surface area is 221 Å². The lowest BCUT2D eigenvalue weighted by Gasteiger charge is -2.02. The Morgan fingerprint density at radius 3 is 2.20 bits per heavy atom. The first-order valence-corrected chi connectivity index (χ1v) is 15.3. The molecule has 194 valence electrons. The van der Waals surface area contributed by atoms with Crippen molar-refractivity contribution < 1.29 is 4.79 Å². The minimum Gasteiger partial charge on any atom is -0.359 e. The predicted octanol–water partition coefficient (Wildman–Crippen LogP) is 8.72. The molecule has 35 heavy (non-hydrogen) atoms. The third kappa shape index (κ3) is 15.7. The summed E-state index contributed by atoms with van der Waals surface area (Å²) in [6, 6.07) is 10.3. The van der Waals surface area contributed by atoms with Gasteiger partial charge in [0.25, 0.3) is 0 Å². The summed E-state index contributed by atoms with van der Waals surface area (Å²) in [6.45, 7) is 3.07. The molecule has 0 aliphatic carbocycles. The van der Waals surface area contributed by atoms with Gasteiger partial charge in [-0.2, -0.15) is 0 Å². The van der Waals surface area contributed by atoms with E-state index in [0.717, 1.165) is 30.3 Å². The van der Waals surface area contributed by atoms with Crippen molar-refractivity contribution in [3.8, 4) is 0 Å². The lowest BCUT2D eigenvalue weighted by atomic mass is 10.1. The van der Waals surface area contributed by atoms with Crippen LogP contribution in [0, 0.1) is 0 Å². The van der Waals surface area contributed by atoms with E-state index < -0.39 is 0 Å². The summed E-state index contributed by atoms with van der Waals surface area (Å²) in [6.07, 6.45) is 21.7. The van der Waals surface area contributed by atoms with Gasteiger partial charge >= 0.3 is 0 Å². The zero-order valence-corrected chi connectivity index (χ0v) is 23.1. The van der Waals surface area contributed by atoms with Crippen LogP contribution in [-0.4, -0.2) is 28.4 Å². The fraction of sp³-hybridized carbons (Fsp3) is 0.607. The molecule has 0 saturated heterocycles. The molecule has 2 rings (SSSR count). The fourth-order valence-electron chi connectivity index (χ4n) is 3.73. The Morgan fingerprint density at radius 1 is 0.857 bits per heavy atom. The largest absolute Gasteiger partial charge is 0.359 e. The van der Waals surface area contributed by atoms with Crippen LogP contribution in [0.3, 0.4) is 0 Å². The molecular formula is C28H44N4OS2. The number of unbranched alkanes of at least 4 members (excludes halogenated alkanes) is 11. The van der Waals surface area contributed by atoms with Crippen molar-refractivity contribution in [2.45, 2.75) is 102 Å². The highest BCUT2D eigenvalue weighted by Gasteiger charge is 2.08. The van der Waals surface area contributed by atoms with Crippen LogP contribution in [-0.2, 0) is 4.79 Å². The predicted molar refractivity (Wildman–Crippen MR) is 154 cm³/mol. The lowest BCUT2D eigenvalue weighted by molar-refractivity contribution is -0.116. The Bertz CT molecular complexity index is 810. The second-order valence-electron chi connectivity index (χ2n) is 8.88. The average molecular weight is 517 g/mol. The number of rotatable bonds is 21.